The molecule has 1 fully saturated rings. The Balaban J connectivity index is 0.000000385. The van der Waals surface area contributed by atoms with Crippen LogP contribution in [0.25, 0.3) is 0 Å². The van der Waals surface area contributed by atoms with Crippen LogP contribution in [-0.2, 0) is 4.79 Å². The predicted octanol–water partition coefficient (Wildman–Crippen LogP) is 4.83. The second-order valence-corrected chi connectivity index (χ2v) is 4.44. The fourth-order valence-electron chi connectivity index (χ4n) is 1.46. The monoisotopic (exact) mass is 222 g/mol. The van der Waals surface area contributed by atoms with Crippen molar-refractivity contribution in [3.63, 3.8) is 0 Å². The first kappa shape index (κ1) is 15.2. The normalized spacial score (nSPS) is 14.1. The van der Waals surface area contributed by atoms with E-state index in [1.807, 2.05) is 6.08 Å². The van der Waals surface area contributed by atoms with Gasteiger partial charge in [-0.25, -0.2) is 0 Å². The topological polar surface area (TPSA) is 17.1 Å². The van der Waals surface area contributed by atoms with Crippen LogP contribution in [0, 0.1) is 0 Å². The molecule has 1 nitrogen and oxygen atoms in total. The van der Waals surface area contributed by atoms with Crippen molar-refractivity contribution in [3.8, 4) is 0 Å². The molecule has 0 aromatic heterocycles. The van der Waals surface area contributed by atoms with Crippen LogP contribution >= 0.6 is 0 Å². The predicted molar refractivity (Wildman–Crippen MR) is 71.6 cm³/mol. The lowest BCUT2D eigenvalue weighted by Gasteiger charge is -2.18. The van der Waals surface area contributed by atoms with Gasteiger partial charge in [-0.3, -0.25) is 4.79 Å². The molecule has 1 saturated carbocycles. The van der Waals surface area contributed by atoms with Gasteiger partial charge in [0.15, 0.2) is 5.78 Å². The standard InChI is InChI=1S/C10H14O.C5H12/c1-8(6-7-9(2)11)10-4-3-5-10;1-3-5-4-2/h6-7H,3-5H2,1-2H3;3-5H2,1-2H3/b7-6-;. The number of hydrogen-bond acceptors (Lipinski definition) is 1. The zero-order valence-electron chi connectivity index (χ0n) is 11.3. The number of allylic oxidation sites excluding steroid dienone is 4. The number of hydrogen-bond donors (Lipinski definition) is 0. The smallest absolute Gasteiger partial charge is 0.152 e. The van der Waals surface area contributed by atoms with Crippen molar-refractivity contribution < 1.29 is 4.79 Å². The maximum absolute atomic E-state index is 10.6. The van der Waals surface area contributed by atoms with Crippen LogP contribution < -0.4 is 0 Å². The van der Waals surface area contributed by atoms with Gasteiger partial charge < -0.3 is 0 Å². The molecule has 0 aromatic rings. The van der Waals surface area contributed by atoms with Gasteiger partial charge >= 0.3 is 0 Å². The Morgan fingerprint density at radius 1 is 1.12 bits per heavy atom. The second kappa shape index (κ2) is 9.38. The summed E-state index contributed by atoms with van der Waals surface area (Å²) in [5.74, 6) is 0.129. The third-order valence-electron chi connectivity index (χ3n) is 2.79. The third-order valence-corrected chi connectivity index (χ3v) is 2.79. The highest BCUT2D eigenvalue weighted by molar-refractivity contribution is 5.87. The second-order valence-electron chi connectivity index (χ2n) is 4.44. The van der Waals surface area contributed by atoms with E-state index in [0.717, 1.165) is 0 Å². The first-order valence-electron chi connectivity index (χ1n) is 6.49. The molecule has 0 atom stereocenters. The van der Waals surface area contributed by atoms with Crippen LogP contribution in [0.4, 0.5) is 0 Å². The van der Waals surface area contributed by atoms with Crippen LogP contribution in [0.1, 0.15) is 66.2 Å². The van der Waals surface area contributed by atoms with Crippen LogP contribution in [-0.4, -0.2) is 5.78 Å². The van der Waals surface area contributed by atoms with E-state index in [0.29, 0.717) is 0 Å². The average molecular weight is 222 g/mol. The van der Waals surface area contributed by atoms with Gasteiger partial charge in [-0.2, -0.15) is 0 Å². The molecule has 16 heavy (non-hydrogen) atoms. The van der Waals surface area contributed by atoms with Crippen molar-refractivity contribution in [2.24, 2.45) is 0 Å². The van der Waals surface area contributed by atoms with Gasteiger partial charge in [0.2, 0.25) is 0 Å². The Morgan fingerprint density at radius 3 is 1.94 bits per heavy atom. The van der Waals surface area contributed by atoms with Crippen LogP contribution in [0.3, 0.4) is 0 Å². The molecule has 1 heteroatoms. The summed E-state index contributed by atoms with van der Waals surface area (Å²) in [5, 5.41) is 0. The largest absolute Gasteiger partial charge is 0.295 e. The van der Waals surface area contributed by atoms with E-state index < -0.39 is 0 Å². The van der Waals surface area contributed by atoms with Crippen LogP contribution in [0.15, 0.2) is 23.3 Å². The minimum Gasteiger partial charge on any atom is -0.295 e. The fraction of sp³-hybridized carbons (Fsp3) is 0.667. The molecule has 1 aliphatic carbocycles. The molecule has 0 spiro atoms. The molecule has 0 heterocycles. The maximum Gasteiger partial charge on any atom is 0.152 e. The van der Waals surface area contributed by atoms with Gasteiger partial charge in [0, 0.05) is 0 Å². The van der Waals surface area contributed by atoms with Crippen LogP contribution in [0.2, 0.25) is 0 Å². The van der Waals surface area contributed by atoms with Crippen molar-refractivity contribution in [2.45, 2.75) is 66.2 Å². The summed E-state index contributed by atoms with van der Waals surface area (Å²) >= 11 is 0. The molecule has 92 valence electrons. The van der Waals surface area contributed by atoms with E-state index in [4.69, 9.17) is 0 Å². The lowest BCUT2D eigenvalue weighted by Crippen LogP contribution is -1.99. The Hall–Kier alpha value is -0.850. The van der Waals surface area contributed by atoms with Crippen molar-refractivity contribution in [1.29, 1.82) is 0 Å². The first-order valence-corrected chi connectivity index (χ1v) is 6.49. The summed E-state index contributed by atoms with van der Waals surface area (Å²) in [4.78, 5) is 10.6. The van der Waals surface area contributed by atoms with Crippen molar-refractivity contribution in [3.05, 3.63) is 23.3 Å². The summed E-state index contributed by atoms with van der Waals surface area (Å²) in [5.41, 5.74) is 2.80. The molecular formula is C15H26O. The highest BCUT2D eigenvalue weighted by Gasteiger charge is 2.09. The van der Waals surface area contributed by atoms with Gasteiger partial charge in [0.05, 0.1) is 0 Å². The maximum atomic E-state index is 10.6. The van der Waals surface area contributed by atoms with Gasteiger partial charge in [0.1, 0.15) is 0 Å². The van der Waals surface area contributed by atoms with Crippen molar-refractivity contribution >= 4 is 5.78 Å². The van der Waals surface area contributed by atoms with Crippen molar-refractivity contribution in [1.82, 2.24) is 0 Å². The van der Waals surface area contributed by atoms with E-state index in [1.54, 1.807) is 13.0 Å². The Morgan fingerprint density at radius 2 is 1.69 bits per heavy atom. The zero-order chi connectivity index (χ0) is 12.4. The SMILES string of the molecule is CC(=O)/C=C\C(C)=C1CCC1.CCCCC. The Bertz CT molecular complexity index is 251. The highest BCUT2D eigenvalue weighted by Crippen LogP contribution is 2.28. The molecule has 1 rings (SSSR count). The fourth-order valence-corrected chi connectivity index (χ4v) is 1.46. The van der Waals surface area contributed by atoms with Gasteiger partial charge in [-0.15, -0.1) is 0 Å². The Labute approximate surface area is 101 Å². The first-order chi connectivity index (χ1) is 7.61. The molecule has 0 aromatic carbocycles. The van der Waals surface area contributed by atoms with E-state index in [-0.39, 0.29) is 5.78 Å². The number of ketones is 1. The molecule has 0 bridgehead atoms. The minimum absolute atomic E-state index is 0.129. The van der Waals surface area contributed by atoms with Crippen LogP contribution in [0.5, 0.6) is 0 Å². The number of unbranched alkanes of at least 4 members (excludes halogenated alkanes) is 2. The summed E-state index contributed by atoms with van der Waals surface area (Å²) in [6.45, 7) is 8.08. The van der Waals surface area contributed by atoms with Gasteiger partial charge in [0.25, 0.3) is 0 Å². The molecule has 0 amide bonds. The quantitative estimate of drug-likeness (QED) is 0.623. The summed E-state index contributed by atoms with van der Waals surface area (Å²) < 4.78 is 0. The molecule has 1 aliphatic rings. The molecule has 0 saturated heterocycles. The molecule has 0 radical (unpaired) electrons. The third kappa shape index (κ3) is 7.44. The van der Waals surface area contributed by atoms with E-state index in [9.17, 15) is 4.79 Å². The number of rotatable bonds is 4. The summed E-state index contributed by atoms with van der Waals surface area (Å²) in [7, 11) is 0. The summed E-state index contributed by atoms with van der Waals surface area (Å²) in [6, 6.07) is 0. The lowest BCUT2D eigenvalue weighted by molar-refractivity contribution is -0.112. The minimum atomic E-state index is 0.129. The van der Waals surface area contributed by atoms with Gasteiger partial charge in [-0.05, 0) is 39.2 Å². The molecular weight excluding hydrogens is 196 g/mol. The number of carbonyl (C=O) groups is 1. The molecule has 0 unspecified atom stereocenters. The zero-order valence-corrected chi connectivity index (χ0v) is 11.3. The highest BCUT2D eigenvalue weighted by atomic mass is 16.1. The Kier molecular flexibility index (Phi) is 8.88. The van der Waals surface area contributed by atoms with E-state index in [1.165, 1.54) is 49.7 Å². The lowest BCUT2D eigenvalue weighted by atomic mass is 9.88. The van der Waals surface area contributed by atoms with E-state index >= 15 is 0 Å². The summed E-state index contributed by atoms with van der Waals surface area (Å²) in [6.07, 6.45) is 11.4. The van der Waals surface area contributed by atoms with E-state index in [2.05, 4.69) is 20.8 Å². The van der Waals surface area contributed by atoms with Gasteiger partial charge in [-0.1, -0.05) is 50.3 Å². The van der Waals surface area contributed by atoms with Crippen molar-refractivity contribution in [2.75, 3.05) is 0 Å². The molecule has 0 aliphatic heterocycles. The number of carbonyl (C=O) groups excluding carboxylic acids is 1. The molecule has 0 N–H and O–H groups in total. The average Bonchev–Trinajstić information content (AvgIpc) is 2.14.